The minimum Gasteiger partial charge on any atom is -0.465 e. The Hall–Kier alpha value is -1.39. The van der Waals surface area contributed by atoms with Crippen LogP contribution in [0.3, 0.4) is 0 Å². The van der Waals surface area contributed by atoms with Crippen LogP contribution < -0.4 is 5.32 Å². The van der Waals surface area contributed by atoms with E-state index < -0.39 is 0 Å². The van der Waals surface area contributed by atoms with E-state index in [2.05, 4.69) is 10.1 Å². The van der Waals surface area contributed by atoms with E-state index >= 15 is 0 Å². The number of hydrogen-bond acceptors (Lipinski definition) is 4. The average molecular weight is 263 g/mol. The van der Waals surface area contributed by atoms with Gasteiger partial charge in [0.25, 0.3) is 0 Å². The summed E-state index contributed by atoms with van der Waals surface area (Å²) in [6.45, 7) is 0.798. The van der Waals surface area contributed by atoms with Gasteiger partial charge < -0.3 is 14.8 Å². The lowest BCUT2D eigenvalue weighted by atomic mass is 10.1. The molecule has 104 valence electrons. The van der Waals surface area contributed by atoms with Crippen LogP contribution in [0, 0.1) is 0 Å². The van der Waals surface area contributed by atoms with Crippen molar-refractivity contribution in [1.82, 2.24) is 5.32 Å². The number of ether oxygens (including phenoxy) is 2. The molecule has 19 heavy (non-hydrogen) atoms. The van der Waals surface area contributed by atoms with Crippen molar-refractivity contribution in [3.63, 3.8) is 0 Å². The third-order valence-electron chi connectivity index (χ3n) is 3.70. The third-order valence-corrected chi connectivity index (χ3v) is 3.70. The van der Waals surface area contributed by atoms with Gasteiger partial charge in [-0.3, -0.25) is 0 Å². The molecule has 0 bridgehead atoms. The molecule has 0 heterocycles. The highest BCUT2D eigenvalue weighted by atomic mass is 16.5. The first-order valence-electron chi connectivity index (χ1n) is 6.68. The standard InChI is InChI=1S/C15H21NO3/c1-18-14-5-3-4-13(14)16-10-11-6-8-12(9-7-11)15(17)19-2/h6-9,13-14,16H,3-5,10H2,1-2H3. The van der Waals surface area contributed by atoms with Crippen molar-refractivity contribution in [2.75, 3.05) is 14.2 Å². The molecule has 0 amide bonds. The van der Waals surface area contributed by atoms with Crippen molar-refractivity contribution in [3.05, 3.63) is 35.4 Å². The van der Waals surface area contributed by atoms with Crippen molar-refractivity contribution < 1.29 is 14.3 Å². The van der Waals surface area contributed by atoms with E-state index in [1.165, 1.54) is 20.0 Å². The topological polar surface area (TPSA) is 47.6 Å². The van der Waals surface area contributed by atoms with Crippen LogP contribution >= 0.6 is 0 Å². The van der Waals surface area contributed by atoms with E-state index in [4.69, 9.17) is 4.74 Å². The number of benzene rings is 1. The highest BCUT2D eigenvalue weighted by Gasteiger charge is 2.26. The first-order valence-corrected chi connectivity index (χ1v) is 6.68. The Morgan fingerprint density at radius 3 is 2.63 bits per heavy atom. The van der Waals surface area contributed by atoms with Gasteiger partial charge in [-0.25, -0.2) is 4.79 Å². The van der Waals surface area contributed by atoms with Gasteiger partial charge in [-0.05, 0) is 37.0 Å². The van der Waals surface area contributed by atoms with Crippen molar-refractivity contribution in [3.8, 4) is 0 Å². The molecule has 4 nitrogen and oxygen atoms in total. The number of esters is 1. The maximum absolute atomic E-state index is 11.3. The van der Waals surface area contributed by atoms with Crippen molar-refractivity contribution in [2.24, 2.45) is 0 Å². The van der Waals surface area contributed by atoms with Crippen LogP contribution in [-0.4, -0.2) is 32.3 Å². The third kappa shape index (κ3) is 3.55. The molecule has 0 spiro atoms. The molecule has 2 atom stereocenters. The highest BCUT2D eigenvalue weighted by Crippen LogP contribution is 2.21. The fourth-order valence-corrected chi connectivity index (χ4v) is 2.57. The van der Waals surface area contributed by atoms with Gasteiger partial charge in [-0.2, -0.15) is 0 Å². The van der Waals surface area contributed by atoms with E-state index in [1.54, 1.807) is 19.2 Å². The van der Waals surface area contributed by atoms with Gasteiger partial charge in [-0.1, -0.05) is 12.1 Å². The minimum atomic E-state index is -0.297. The molecule has 1 aliphatic carbocycles. The normalized spacial score (nSPS) is 22.4. The van der Waals surface area contributed by atoms with Crippen LogP contribution in [0.15, 0.2) is 24.3 Å². The van der Waals surface area contributed by atoms with Crippen LogP contribution in [0.1, 0.15) is 35.2 Å². The molecule has 1 saturated carbocycles. The lowest BCUT2D eigenvalue weighted by Crippen LogP contribution is -2.36. The Kier molecular flexibility index (Phi) is 4.93. The van der Waals surface area contributed by atoms with Gasteiger partial charge in [0.15, 0.2) is 0 Å². The van der Waals surface area contributed by atoms with Crippen molar-refractivity contribution >= 4 is 5.97 Å². The van der Waals surface area contributed by atoms with E-state index in [0.717, 1.165) is 18.5 Å². The quantitative estimate of drug-likeness (QED) is 0.827. The molecule has 2 unspecified atom stereocenters. The maximum atomic E-state index is 11.3. The Labute approximate surface area is 114 Å². The number of carbonyl (C=O) groups is 1. The number of rotatable bonds is 5. The van der Waals surface area contributed by atoms with Crippen LogP contribution in [-0.2, 0) is 16.0 Å². The smallest absolute Gasteiger partial charge is 0.337 e. The Balaban J connectivity index is 1.88. The molecule has 0 aliphatic heterocycles. The van der Waals surface area contributed by atoms with Crippen LogP contribution in [0.4, 0.5) is 0 Å². The zero-order valence-electron chi connectivity index (χ0n) is 11.5. The van der Waals surface area contributed by atoms with Gasteiger partial charge >= 0.3 is 5.97 Å². The number of hydrogen-bond donors (Lipinski definition) is 1. The van der Waals surface area contributed by atoms with Gasteiger partial charge in [0.05, 0.1) is 18.8 Å². The molecule has 1 aromatic rings. The lowest BCUT2D eigenvalue weighted by Gasteiger charge is -2.19. The average Bonchev–Trinajstić information content (AvgIpc) is 2.92. The zero-order chi connectivity index (χ0) is 13.7. The Bertz CT molecular complexity index is 416. The molecule has 1 N–H and O–H groups in total. The summed E-state index contributed by atoms with van der Waals surface area (Å²) in [6.07, 6.45) is 3.85. The second kappa shape index (κ2) is 6.68. The monoisotopic (exact) mass is 263 g/mol. The number of methoxy groups -OCH3 is 2. The summed E-state index contributed by atoms with van der Waals surface area (Å²) >= 11 is 0. The molecule has 1 aliphatic rings. The highest BCUT2D eigenvalue weighted by molar-refractivity contribution is 5.89. The van der Waals surface area contributed by atoms with E-state index in [-0.39, 0.29) is 5.97 Å². The predicted octanol–water partition coefficient (Wildman–Crippen LogP) is 2.13. The summed E-state index contributed by atoms with van der Waals surface area (Å²) in [6, 6.07) is 7.94. The van der Waals surface area contributed by atoms with Gasteiger partial charge in [0.1, 0.15) is 0 Å². The molecular weight excluding hydrogens is 242 g/mol. The molecule has 1 aromatic carbocycles. The second-order valence-electron chi connectivity index (χ2n) is 4.88. The van der Waals surface area contributed by atoms with Gasteiger partial charge in [-0.15, -0.1) is 0 Å². The summed E-state index contributed by atoms with van der Waals surface area (Å²) in [5.74, 6) is -0.297. The fraction of sp³-hybridized carbons (Fsp3) is 0.533. The molecule has 2 rings (SSSR count). The lowest BCUT2D eigenvalue weighted by molar-refractivity contribution is 0.0600. The Morgan fingerprint density at radius 2 is 2.00 bits per heavy atom. The van der Waals surface area contributed by atoms with Crippen LogP contribution in [0.5, 0.6) is 0 Å². The molecule has 0 saturated heterocycles. The van der Waals surface area contributed by atoms with Gasteiger partial charge in [0, 0.05) is 19.7 Å². The molecular formula is C15H21NO3. The summed E-state index contributed by atoms with van der Waals surface area (Å²) in [5, 5.41) is 3.52. The van der Waals surface area contributed by atoms with Crippen molar-refractivity contribution in [2.45, 2.75) is 38.0 Å². The Morgan fingerprint density at radius 1 is 1.26 bits per heavy atom. The minimum absolute atomic E-state index is 0.297. The number of nitrogens with one attached hydrogen (secondary N) is 1. The predicted molar refractivity (Wildman–Crippen MR) is 73.1 cm³/mol. The SMILES string of the molecule is COC(=O)c1ccc(CNC2CCCC2OC)cc1. The number of carbonyl (C=O) groups excluding carboxylic acids is 1. The molecule has 1 fully saturated rings. The fourth-order valence-electron chi connectivity index (χ4n) is 2.57. The van der Waals surface area contributed by atoms with E-state index in [1.807, 2.05) is 12.1 Å². The molecule has 4 heteroatoms. The van der Waals surface area contributed by atoms with Crippen LogP contribution in [0.2, 0.25) is 0 Å². The first kappa shape index (κ1) is 14.0. The zero-order valence-corrected chi connectivity index (χ0v) is 11.5. The largest absolute Gasteiger partial charge is 0.465 e. The van der Waals surface area contributed by atoms with Crippen LogP contribution in [0.25, 0.3) is 0 Å². The molecule has 0 aromatic heterocycles. The summed E-state index contributed by atoms with van der Waals surface area (Å²) < 4.78 is 10.1. The van der Waals surface area contributed by atoms with Gasteiger partial charge in [0.2, 0.25) is 0 Å². The summed E-state index contributed by atoms with van der Waals surface area (Å²) in [7, 11) is 3.17. The first-order chi connectivity index (χ1) is 9.24. The summed E-state index contributed by atoms with van der Waals surface area (Å²) in [5.41, 5.74) is 1.75. The van der Waals surface area contributed by atoms with Crippen molar-refractivity contribution in [1.29, 1.82) is 0 Å². The molecule has 0 radical (unpaired) electrons. The second-order valence-corrected chi connectivity index (χ2v) is 4.88. The maximum Gasteiger partial charge on any atom is 0.337 e. The van der Waals surface area contributed by atoms with E-state index in [9.17, 15) is 4.79 Å². The van der Waals surface area contributed by atoms with E-state index in [0.29, 0.717) is 17.7 Å². The summed E-state index contributed by atoms with van der Waals surface area (Å²) in [4.78, 5) is 11.3.